The maximum atomic E-state index is 11.6. The lowest BCUT2D eigenvalue weighted by atomic mass is 9.81. The Morgan fingerprint density at radius 3 is 1.09 bits per heavy atom. The van der Waals surface area contributed by atoms with Crippen molar-refractivity contribution < 1.29 is 49.5 Å². The van der Waals surface area contributed by atoms with E-state index in [-0.39, 0.29) is 23.4 Å². The molecule has 194 valence electrons. The molecule has 0 unspecified atom stereocenters. The van der Waals surface area contributed by atoms with Crippen molar-refractivity contribution in [1.29, 1.82) is 0 Å². The number of nitrogens with zero attached hydrogens (tertiary/aromatic N) is 2. The van der Waals surface area contributed by atoms with E-state index in [0.717, 1.165) is 26.2 Å². The highest BCUT2D eigenvalue weighted by Crippen LogP contribution is 2.26. The van der Waals surface area contributed by atoms with Crippen LogP contribution in [0.1, 0.15) is 54.4 Å². The van der Waals surface area contributed by atoms with Crippen LogP contribution in [0.5, 0.6) is 0 Å². The van der Waals surface area contributed by atoms with Crippen molar-refractivity contribution >= 4 is 24.1 Å². The molecule has 4 heterocycles. The number of carbonyl (C=O) groups excluding carboxylic acids is 4. The number of carboxylic acid groups (broad SMARTS) is 2. The van der Waals surface area contributed by atoms with E-state index in [2.05, 4.69) is 10.6 Å². The fraction of sp³-hybridized carbons (Fsp3) is 0.818. The second kappa shape index (κ2) is 9.95. The van der Waals surface area contributed by atoms with E-state index in [9.17, 15) is 9.59 Å². The van der Waals surface area contributed by atoms with Crippen LogP contribution in [0.25, 0.3) is 0 Å². The molecule has 0 aromatic carbocycles. The predicted octanol–water partition coefficient (Wildman–Crippen LogP) is -3.63. The Bertz CT molecular complexity index is 712. The standard InChI is InChI=1S/2C10H18N2O2.C2H2O4/c2*1-9(2,3)14-8(13)12-6-10(7-12)4-5-11-10;3-1(4)2(5)6/h2*11H,4-7H2,1-3H3;(H,3,4)(H,5,6). The normalized spacial score (nSPS) is 21.1. The van der Waals surface area contributed by atoms with E-state index in [4.69, 9.17) is 29.3 Å². The van der Waals surface area contributed by atoms with Gasteiger partial charge in [-0.05, 0) is 41.5 Å². The molecule has 0 saturated carbocycles. The van der Waals surface area contributed by atoms with Crippen LogP contribution in [0, 0.1) is 0 Å². The molecule has 12 heteroatoms. The Hall–Kier alpha value is -2.60. The number of ether oxygens (including phenoxy) is 2. The van der Waals surface area contributed by atoms with Gasteiger partial charge in [0.1, 0.15) is 22.3 Å². The SMILES string of the molecule is CC(C)(C)OC(=O)N1CC2(CC[NH2+]2)C1.CC(C)(C)OC(=O)N1CC2(CC[NH2+]2)C1.O=C([O-])C(=O)[O-]. The van der Waals surface area contributed by atoms with Crippen molar-refractivity contribution in [2.75, 3.05) is 39.3 Å². The first-order chi connectivity index (χ1) is 15.4. The largest absolute Gasteiger partial charge is 0.543 e. The van der Waals surface area contributed by atoms with Crippen LogP contribution < -0.4 is 20.8 Å². The van der Waals surface area contributed by atoms with Crippen LogP contribution in [0.4, 0.5) is 9.59 Å². The van der Waals surface area contributed by atoms with Gasteiger partial charge in [0.05, 0.1) is 64.0 Å². The number of quaternary nitrogens is 2. The van der Waals surface area contributed by atoms with Gasteiger partial charge in [-0.15, -0.1) is 0 Å². The number of nitrogens with two attached hydrogens (primary N) is 2. The molecule has 4 aliphatic heterocycles. The Balaban J connectivity index is 0.000000196. The fourth-order valence-electron chi connectivity index (χ4n) is 4.02. The van der Waals surface area contributed by atoms with Gasteiger partial charge in [0.25, 0.3) is 0 Å². The van der Waals surface area contributed by atoms with Crippen LogP contribution >= 0.6 is 0 Å². The third-order valence-electron chi connectivity index (χ3n) is 5.93. The molecule has 0 aromatic heterocycles. The van der Waals surface area contributed by atoms with E-state index >= 15 is 0 Å². The number of amides is 2. The molecular weight excluding hydrogens is 448 g/mol. The molecule has 2 spiro atoms. The van der Waals surface area contributed by atoms with Crippen LogP contribution in [-0.2, 0) is 19.1 Å². The summed E-state index contributed by atoms with van der Waals surface area (Å²) in [6.45, 7) is 17.3. The van der Waals surface area contributed by atoms with Crippen LogP contribution in [0.15, 0.2) is 0 Å². The Morgan fingerprint density at radius 1 is 0.676 bits per heavy atom. The second-order valence-electron chi connectivity index (χ2n) is 11.5. The Morgan fingerprint density at radius 2 is 0.941 bits per heavy atom. The third-order valence-corrected chi connectivity index (χ3v) is 5.93. The van der Waals surface area contributed by atoms with Crippen LogP contribution in [-0.4, -0.2) is 95.5 Å². The van der Waals surface area contributed by atoms with Crippen molar-refractivity contribution in [1.82, 2.24) is 9.80 Å². The molecule has 34 heavy (non-hydrogen) atoms. The maximum absolute atomic E-state index is 11.6. The number of rotatable bonds is 0. The Labute approximate surface area is 199 Å². The smallest absolute Gasteiger partial charge is 0.410 e. The van der Waals surface area contributed by atoms with Crippen molar-refractivity contribution in [2.45, 2.75) is 76.7 Å². The summed E-state index contributed by atoms with van der Waals surface area (Å²) in [6, 6.07) is 0. The highest BCUT2D eigenvalue weighted by atomic mass is 16.6. The van der Waals surface area contributed by atoms with E-state index in [1.807, 2.05) is 41.5 Å². The summed E-state index contributed by atoms with van der Waals surface area (Å²) in [7, 11) is 0. The lowest BCUT2D eigenvalue weighted by Gasteiger charge is -2.52. The molecule has 4 aliphatic rings. The molecular formula is C22H38N4O8. The van der Waals surface area contributed by atoms with Gasteiger partial charge in [0.2, 0.25) is 0 Å². The molecule has 12 nitrogen and oxygen atoms in total. The van der Waals surface area contributed by atoms with Gasteiger partial charge in [-0.25, -0.2) is 9.59 Å². The number of likely N-dealkylation sites (tertiary alicyclic amines) is 2. The zero-order chi connectivity index (χ0) is 25.9. The average Bonchev–Trinajstić information content (AvgIpc) is 2.46. The fourth-order valence-corrected chi connectivity index (χ4v) is 4.02. The van der Waals surface area contributed by atoms with E-state index < -0.39 is 11.9 Å². The Kier molecular flexibility index (Phi) is 8.09. The molecule has 2 amide bonds. The summed E-state index contributed by atoms with van der Waals surface area (Å²) in [6.07, 6.45) is 2.16. The lowest BCUT2D eigenvalue weighted by Crippen LogP contribution is -3.11. The maximum Gasteiger partial charge on any atom is 0.410 e. The minimum absolute atomic E-state index is 0.163. The molecule has 0 radical (unpaired) electrons. The predicted molar refractivity (Wildman–Crippen MR) is 114 cm³/mol. The first-order valence-electron chi connectivity index (χ1n) is 11.5. The minimum Gasteiger partial charge on any atom is -0.543 e. The average molecular weight is 487 g/mol. The number of hydrogen-bond acceptors (Lipinski definition) is 8. The summed E-state index contributed by atoms with van der Waals surface area (Å²) < 4.78 is 10.6. The van der Waals surface area contributed by atoms with Crippen molar-refractivity contribution in [3.63, 3.8) is 0 Å². The van der Waals surface area contributed by atoms with Crippen LogP contribution in [0.2, 0.25) is 0 Å². The van der Waals surface area contributed by atoms with E-state index in [1.165, 1.54) is 25.9 Å². The van der Waals surface area contributed by atoms with Gasteiger partial charge in [-0.1, -0.05) is 0 Å². The zero-order valence-corrected chi connectivity index (χ0v) is 21.0. The third kappa shape index (κ3) is 7.73. The van der Waals surface area contributed by atoms with Crippen molar-refractivity contribution in [3.8, 4) is 0 Å². The number of carboxylic acids is 2. The second-order valence-corrected chi connectivity index (χ2v) is 11.5. The summed E-state index contributed by atoms with van der Waals surface area (Å²) in [4.78, 5) is 44.6. The van der Waals surface area contributed by atoms with Gasteiger partial charge in [0, 0.05) is 0 Å². The van der Waals surface area contributed by atoms with Crippen LogP contribution in [0.3, 0.4) is 0 Å². The molecule has 0 atom stereocenters. The number of hydrogen-bond donors (Lipinski definition) is 2. The molecule has 0 aliphatic carbocycles. The molecule has 0 aromatic rings. The van der Waals surface area contributed by atoms with Gasteiger partial charge in [-0.2, -0.15) is 0 Å². The number of carbonyl (C=O) groups is 4. The van der Waals surface area contributed by atoms with Gasteiger partial charge in [0.15, 0.2) is 0 Å². The monoisotopic (exact) mass is 486 g/mol. The first-order valence-corrected chi connectivity index (χ1v) is 11.5. The number of aliphatic carboxylic acids is 2. The quantitative estimate of drug-likeness (QED) is 0.330. The van der Waals surface area contributed by atoms with Crippen molar-refractivity contribution in [3.05, 3.63) is 0 Å². The van der Waals surface area contributed by atoms with Crippen molar-refractivity contribution in [2.24, 2.45) is 0 Å². The lowest BCUT2D eigenvalue weighted by molar-refractivity contribution is -0.794. The zero-order valence-electron chi connectivity index (χ0n) is 21.0. The molecule has 4 N–H and O–H groups in total. The summed E-state index contributed by atoms with van der Waals surface area (Å²) >= 11 is 0. The van der Waals surface area contributed by atoms with Gasteiger partial charge >= 0.3 is 12.2 Å². The summed E-state index contributed by atoms with van der Waals surface area (Å²) in [5.74, 6) is -4.37. The van der Waals surface area contributed by atoms with Gasteiger partial charge < -0.3 is 39.9 Å². The topological polar surface area (TPSA) is 173 Å². The highest BCUT2D eigenvalue weighted by Gasteiger charge is 2.55. The minimum atomic E-state index is -2.19. The van der Waals surface area contributed by atoms with E-state index in [1.54, 1.807) is 9.80 Å². The molecule has 4 saturated heterocycles. The first kappa shape index (κ1) is 27.6. The molecule has 4 fully saturated rings. The van der Waals surface area contributed by atoms with Gasteiger partial charge in [-0.3, -0.25) is 9.80 Å². The highest BCUT2D eigenvalue weighted by molar-refractivity contribution is 6.25. The molecule has 0 bridgehead atoms. The summed E-state index contributed by atoms with van der Waals surface area (Å²) in [5.41, 5.74) is 0.000136. The summed E-state index contributed by atoms with van der Waals surface area (Å²) in [5, 5.41) is 22.5. The molecule has 4 rings (SSSR count). The van der Waals surface area contributed by atoms with E-state index in [0.29, 0.717) is 11.1 Å².